The van der Waals surface area contributed by atoms with Crippen LogP contribution in [0.4, 0.5) is 35.1 Å². The van der Waals surface area contributed by atoms with E-state index in [4.69, 9.17) is 49.5 Å². The molecule has 18 nitrogen and oxygen atoms in total. The number of thiophene rings is 7. The molecule has 8 aromatic rings. The largest absolute Gasteiger partial charge is 0.425 e. The van der Waals surface area contributed by atoms with E-state index in [0.29, 0.717) is 81.0 Å². The fourth-order valence-corrected chi connectivity index (χ4v) is 35.6. The monoisotopic (exact) mass is 2140 g/mol. The second-order valence-corrected chi connectivity index (χ2v) is 52.7. The molecule has 7 spiro atoms. The maximum Gasteiger partial charge on any atom is 0.425 e. The molecule has 9 unspecified atom stereocenters. The van der Waals surface area contributed by atoms with Crippen molar-refractivity contribution in [2.24, 2.45) is 7.05 Å². The van der Waals surface area contributed by atoms with E-state index >= 15 is 0 Å². The molecular formula is C103H142BrClF8N10O8S7. The predicted molar refractivity (Wildman–Crippen MR) is 543 cm³/mol. The standard InChI is InChI=1S/C17H23F2NOS.C17H24N4O2S.C15H23NOS.2C14H18F3NOS.C13H18BrNOS.C13H18ClNOS/c1-10-6-16(7-11(2)20-10)15-12(3-4-21-16)5-14(22-15)13-8-17(18,19)9-13;1-11-6-12-4-5-23-17(16(12)24-11)7-13(10-22-3)18-14(8-17)15-9-21(2)20-19-15;1-4-13-7-12-5-6-17-15(14(12)18-13)8-10(2)16-11(3)9-15;2*1-8-6-13(7-9(2)18-8)10-5-12(14(15,16)17)20-11(10)3-4-19-13;2*1-8-6-13(7-9(2)15-8)12-10(3-4-16-13)5-11(14)17-12/h5,10-11,13,20H,3-4,6-9H2,1-2H3;6,9,13-14,18H,4-5,7-8,10H2,1-3H3;7,10-11,16H,4-6,8-9H2,1-3H3;2*5,8-9,18H,3-4,6-7H2,1-2H3;2*5,8-9,15H,3-4,6-7H2,1-2H3/t10-,11+,16?;;10-,11+,15?;8-,9+,13?;8-,9-;8-,9+,13?;/m....0../s1. The van der Waals surface area contributed by atoms with Gasteiger partial charge in [-0.25, -0.2) is 8.78 Å². The normalized spacial score (nSPS) is 34.2. The Balaban J connectivity index is 0.000000112. The number of nitrogens with one attached hydrogen (secondary N) is 7. The lowest BCUT2D eigenvalue weighted by Crippen LogP contribution is -2.52. The summed E-state index contributed by atoms with van der Waals surface area (Å²) < 4.78 is 157. The lowest BCUT2D eigenvalue weighted by Gasteiger charge is -2.46. The van der Waals surface area contributed by atoms with E-state index in [1.165, 1.54) is 72.3 Å². The van der Waals surface area contributed by atoms with Crippen molar-refractivity contribution in [2.75, 3.05) is 60.0 Å². The number of ether oxygens (including phenoxy) is 8. The minimum Gasteiger partial charge on any atom is -0.383 e. The number of rotatable bonds is 5. The molecule has 14 aliphatic heterocycles. The molecule has 7 saturated heterocycles. The third-order valence-electron chi connectivity index (χ3n) is 30.3. The van der Waals surface area contributed by atoms with Crippen molar-refractivity contribution in [1.29, 1.82) is 0 Å². The van der Waals surface area contributed by atoms with Crippen molar-refractivity contribution in [3.05, 3.63) is 160 Å². The summed E-state index contributed by atoms with van der Waals surface area (Å²) >= 11 is 20.8. The Morgan fingerprint density at radius 1 is 0.420 bits per heavy atom. The summed E-state index contributed by atoms with van der Waals surface area (Å²) in [5, 5.41) is 33.3. The molecule has 0 radical (unpaired) electrons. The van der Waals surface area contributed by atoms with Gasteiger partial charge in [0.05, 0.1) is 83.9 Å². The minimum atomic E-state index is -4.26. The first-order valence-electron chi connectivity index (χ1n) is 50.2. The third kappa shape index (κ3) is 23.4. The van der Waals surface area contributed by atoms with E-state index in [1.807, 2.05) is 47.3 Å². The molecule has 35 heteroatoms. The van der Waals surface area contributed by atoms with Crippen molar-refractivity contribution in [3.63, 3.8) is 0 Å². The van der Waals surface area contributed by atoms with Crippen LogP contribution in [0.25, 0.3) is 0 Å². The summed E-state index contributed by atoms with van der Waals surface area (Å²) in [6.07, 6.45) is 14.2. The molecule has 1 saturated carbocycles. The molecule has 15 aliphatic rings. The molecule has 8 fully saturated rings. The van der Waals surface area contributed by atoms with Crippen LogP contribution >= 0.6 is 107 Å². The molecule has 1 aliphatic carbocycles. The Morgan fingerprint density at radius 3 is 1.16 bits per heavy atom. The Hall–Kier alpha value is -3.35. The van der Waals surface area contributed by atoms with Gasteiger partial charge in [0.1, 0.15) is 37.8 Å². The first kappa shape index (κ1) is 106. The summed E-state index contributed by atoms with van der Waals surface area (Å²) in [4.78, 5) is 11.9. The number of methoxy groups -OCH3 is 1. The van der Waals surface area contributed by atoms with E-state index in [0.717, 1.165) is 220 Å². The fraction of sp³-hybridized carbons (Fsp3) is 0.709. The highest BCUT2D eigenvalue weighted by Crippen LogP contribution is 2.58. The van der Waals surface area contributed by atoms with E-state index in [1.54, 1.807) is 40.0 Å². The van der Waals surface area contributed by atoms with Gasteiger partial charge in [-0.1, -0.05) is 23.7 Å². The van der Waals surface area contributed by atoms with Crippen LogP contribution in [0.1, 0.15) is 308 Å². The number of fused-ring (bicyclic) bond motifs is 14. The average Bonchev–Trinajstić information content (AvgIpc) is 1.59. The van der Waals surface area contributed by atoms with Crippen LogP contribution in [0.15, 0.2) is 52.4 Å². The Kier molecular flexibility index (Phi) is 32.8. The van der Waals surface area contributed by atoms with Crippen LogP contribution in [-0.4, -0.2) is 159 Å². The van der Waals surface area contributed by atoms with Gasteiger partial charge in [0, 0.05) is 186 Å². The van der Waals surface area contributed by atoms with E-state index in [-0.39, 0.29) is 83.0 Å². The van der Waals surface area contributed by atoms with Crippen molar-refractivity contribution >= 4 is 107 Å². The van der Waals surface area contributed by atoms with Crippen LogP contribution < -0.4 is 37.2 Å². The number of piperidine rings is 7. The first-order valence-corrected chi connectivity index (χ1v) is 57.1. The van der Waals surface area contributed by atoms with Gasteiger partial charge in [-0.15, -0.1) is 84.5 Å². The number of nitrogens with zero attached hydrogens (tertiary/aromatic N) is 3. The SMILES string of the molecule is CC1CC2(CC(C)N1)OCCc1cc(Cl)sc12.CCc1cc2c(s1)C1(C[C@@H](C)N[C@@H](C)C1)OCC2.COCC1CC2(CC(c3cn(C)nn3)N1)OCCc1cc(C)sc12.C[C@@H]1CC2(C[C@H](C)N1)OCCc1cc(Br)sc12.C[C@@H]1CC2(C[C@H](C)N1)OCCc1cc(C3CC(F)(F)C3)sc12.C[C@@H]1CC2(C[C@H](C)N1)OCCc1sc(C(F)(F)F)cc12.C[C@H]1CC2(C[C@H](C)N1)OCCc1sc(C(F)(F)F)cc12. The van der Waals surface area contributed by atoms with Crippen LogP contribution in [-0.2, 0) is 148 Å². The summed E-state index contributed by atoms with van der Waals surface area (Å²) in [5.41, 5.74) is 8.24. The Labute approximate surface area is 851 Å². The van der Waals surface area contributed by atoms with Crippen molar-refractivity contribution in [2.45, 2.75) is 399 Å². The number of halogens is 10. The summed E-state index contributed by atoms with van der Waals surface area (Å²) in [6, 6.07) is 19.4. The topological polar surface area (TPSA) is 189 Å². The third-order valence-corrected chi connectivity index (χ3v) is 40.5. The summed E-state index contributed by atoms with van der Waals surface area (Å²) in [6.45, 7) is 36.5. The highest BCUT2D eigenvalue weighted by Gasteiger charge is 2.55. The van der Waals surface area contributed by atoms with Crippen LogP contribution in [0.5, 0.6) is 0 Å². The molecule has 0 aromatic carbocycles. The smallest absolute Gasteiger partial charge is 0.383 e. The quantitative estimate of drug-likeness (QED) is 0.0805. The van der Waals surface area contributed by atoms with Crippen LogP contribution in [0.2, 0.25) is 4.34 Å². The average molecular weight is 2140 g/mol. The van der Waals surface area contributed by atoms with Gasteiger partial charge in [0.25, 0.3) is 0 Å². The molecule has 0 bridgehead atoms. The number of alkyl halides is 8. The fourth-order valence-electron chi connectivity index (χ4n) is 26.1. The number of hydrogen-bond donors (Lipinski definition) is 7. The van der Waals surface area contributed by atoms with Gasteiger partial charge in [-0.3, -0.25) is 4.68 Å². The van der Waals surface area contributed by atoms with Crippen molar-refractivity contribution < 1.29 is 73.0 Å². The molecule has 8 aromatic heterocycles. The molecule has 7 N–H and O–H groups in total. The molecular weight excluding hydrogens is 2000 g/mol. The van der Waals surface area contributed by atoms with Gasteiger partial charge in [0.15, 0.2) is 0 Å². The van der Waals surface area contributed by atoms with Crippen LogP contribution in [0.3, 0.4) is 0 Å². The Morgan fingerprint density at radius 2 is 0.768 bits per heavy atom. The number of aryl methyl sites for hydroxylation is 3. The maximum atomic E-state index is 13.2. The van der Waals surface area contributed by atoms with Gasteiger partial charge in [-0.05, 0) is 309 Å². The molecule has 23 rings (SSSR count). The first-order chi connectivity index (χ1) is 65.4. The lowest BCUT2D eigenvalue weighted by molar-refractivity contribution is -0.135. The molecule has 138 heavy (non-hydrogen) atoms. The second-order valence-electron chi connectivity index (χ2n) is 42.8. The van der Waals surface area contributed by atoms with Gasteiger partial charge in [0.2, 0.25) is 5.92 Å². The zero-order valence-corrected chi connectivity index (χ0v) is 90.7. The van der Waals surface area contributed by atoms with Gasteiger partial charge >= 0.3 is 12.4 Å². The highest BCUT2D eigenvalue weighted by molar-refractivity contribution is 9.11. The van der Waals surface area contributed by atoms with Gasteiger partial charge < -0.3 is 75.1 Å². The minimum absolute atomic E-state index is 0.00968. The Bertz CT molecular complexity index is 5230. The molecule has 22 heterocycles. The highest BCUT2D eigenvalue weighted by atomic mass is 79.9. The van der Waals surface area contributed by atoms with E-state index in [9.17, 15) is 35.1 Å². The van der Waals surface area contributed by atoms with Crippen LogP contribution in [0, 0.1) is 6.92 Å². The van der Waals surface area contributed by atoms with E-state index < -0.39 is 39.2 Å². The summed E-state index contributed by atoms with van der Waals surface area (Å²) in [7, 11) is 3.66. The summed E-state index contributed by atoms with van der Waals surface area (Å²) in [5.74, 6) is -2.39. The lowest BCUT2D eigenvalue weighted by atomic mass is 9.77. The van der Waals surface area contributed by atoms with Crippen molar-refractivity contribution in [1.82, 2.24) is 52.2 Å². The number of hydrogen-bond acceptors (Lipinski definition) is 24. The number of aromatic nitrogens is 3. The van der Waals surface area contributed by atoms with Gasteiger partial charge in [-0.2, -0.15) is 26.3 Å². The molecule has 764 valence electrons. The van der Waals surface area contributed by atoms with E-state index in [2.05, 4.69) is 191 Å². The zero-order chi connectivity index (χ0) is 98.2. The maximum absolute atomic E-state index is 13.2. The zero-order valence-electron chi connectivity index (χ0n) is 82.7. The van der Waals surface area contributed by atoms with Crippen molar-refractivity contribution in [3.8, 4) is 0 Å². The molecule has 19 atom stereocenters. The predicted octanol–water partition coefficient (Wildman–Crippen LogP) is 23.7. The second kappa shape index (κ2) is 42.7. The molecule has 0 amide bonds.